The summed E-state index contributed by atoms with van der Waals surface area (Å²) in [5.41, 5.74) is 2.68. The highest BCUT2D eigenvalue weighted by Crippen LogP contribution is 2.47. The van der Waals surface area contributed by atoms with E-state index < -0.39 is 0 Å². The summed E-state index contributed by atoms with van der Waals surface area (Å²) in [6, 6.07) is 21.0. The monoisotopic (exact) mass is 391 g/mol. The van der Waals surface area contributed by atoms with Gasteiger partial charge in [-0.15, -0.1) is 11.3 Å². The first-order chi connectivity index (χ1) is 13.6. The van der Waals surface area contributed by atoms with Crippen LogP contribution in [0.3, 0.4) is 0 Å². The summed E-state index contributed by atoms with van der Waals surface area (Å²) in [4.78, 5) is 26.2. The zero-order valence-electron chi connectivity index (χ0n) is 15.7. The average Bonchev–Trinajstić information content (AvgIpc) is 3.16. The summed E-state index contributed by atoms with van der Waals surface area (Å²) < 4.78 is 5.11. The molecule has 4 rings (SSSR count). The molecule has 3 unspecified atom stereocenters. The Labute approximate surface area is 168 Å². The summed E-state index contributed by atoms with van der Waals surface area (Å²) in [5, 5.41) is 4.36. The molecule has 1 aromatic heterocycles. The number of fused-ring (bicyclic) bond motifs is 1. The summed E-state index contributed by atoms with van der Waals surface area (Å²) in [6.07, 6.45) is 0. The SMILES string of the molecule is COC(=O)C1C(C)Nc2sc(C(=O)c3ccccc3)cc2C1c1ccccc1. The summed E-state index contributed by atoms with van der Waals surface area (Å²) in [6.45, 7) is 1.98. The van der Waals surface area contributed by atoms with Gasteiger partial charge in [0, 0.05) is 17.5 Å². The molecule has 0 bridgehead atoms. The molecule has 1 aliphatic rings. The predicted molar refractivity (Wildman–Crippen MR) is 111 cm³/mol. The van der Waals surface area contributed by atoms with E-state index in [0.29, 0.717) is 10.4 Å². The lowest BCUT2D eigenvalue weighted by molar-refractivity contribution is -0.146. The number of hydrogen-bond donors (Lipinski definition) is 1. The van der Waals surface area contributed by atoms with Crippen LogP contribution in [-0.2, 0) is 9.53 Å². The maximum absolute atomic E-state index is 13.0. The van der Waals surface area contributed by atoms with E-state index in [2.05, 4.69) is 5.32 Å². The fourth-order valence-electron chi connectivity index (χ4n) is 3.89. The first-order valence-electron chi connectivity index (χ1n) is 9.23. The smallest absolute Gasteiger partial charge is 0.311 e. The molecule has 2 heterocycles. The van der Waals surface area contributed by atoms with Gasteiger partial charge < -0.3 is 10.1 Å². The molecule has 142 valence electrons. The van der Waals surface area contributed by atoms with Crippen LogP contribution in [0.4, 0.5) is 5.00 Å². The Morgan fingerprint density at radius 1 is 1.00 bits per heavy atom. The molecule has 1 N–H and O–H groups in total. The maximum Gasteiger partial charge on any atom is 0.311 e. The zero-order chi connectivity index (χ0) is 19.7. The van der Waals surface area contributed by atoms with Crippen LogP contribution >= 0.6 is 11.3 Å². The Morgan fingerprint density at radius 2 is 1.64 bits per heavy atom. The third-order valence-corrected chi connectivity index (χ3v) is 6.33. The molecule has 0 saturated carbocycles. The Hall–Kier alpha value is -2.92. The topological polar surface area (TPSA) is 55.4 Å². The van der Waals surface area contributed by atoms with Crippen molar-refractivity contribution in [1.82, 2.24) is 0 Å². The Bertz CT molecular complexity index is 997. The molecular weight excluding hydrogens is 370 g/mol. The first kappa shape index (κ1) is 18.4. The van der Waals surface area contributed by atoms with E-state index >= 15 is 0 Å². The van der Waals surface area contributed by atoms with Crippen LogP contribution < -0.4 is 5.32 Å². The summed E-state index contributed by atoms with van der Waals surface area (Å²) >= 11 is 1.45. The van der Waals surface area contributed by atoms with E-state index in [1.807, 2.05) is 73.7 Å². The number of ketones is 1. The first-order valence-corrected chi connectivity index (χ1v) is 10.0. The lowest BCUT2D eigenvalue weighted by Gasteiger charge is -2.36. The number of nitrogens with one attached hydrogen (secondary N) is 1. The summed E-state index contributed by atoms with van der Waals surface area (Å²) in [5.74, 6) is -0.778. The molecular formula is C23H21NO3S. The third-order valence-electron chi connectivity index (χ3n) is 5.24. The molecule has 0 spiro atoms. The number of benzene rings is 2. The molecule has 0 fully saturated rings. The minimum absolute atomic E-state index is 0.00381. The van der Waals surface area contributed by atoms with Gasteiger partial charge in [-0.1, -0.05) is 60.7 Å². The number of esters is 1. The van der Waals surface area contributed by atoms with Crippen molar-refractivity contribution in [2.45, 2.75) is 18.9 Å². The van der Waals surface area contributed by atoms with Gasteiger partial charge in [0.15, 0.2) is 0 Å². The van der Waals surface area contributed by atoms with Crippen molar-refractivity contribution in [3.05, 3.63) is 88.3 Å². The molecule has 1 aliphatic heterocycles. The number of anilines is 1. The van der Waals surface area contributed by atoms with Gasteiger partial charge in [0.2, 0.25) is 5.78 Å². The minimum atomic E-state index is -0.367. The van der Waals surface area contributed by atoms with Crippen molar-refractivity contribution in [2.75, 3.05) is 12.4 Å². The van der Waals surface area contributed by atoms with Crippen LogP contribution in [-0.4, -0.2) is 24.9 Å². The van der Waals surface area contributed by atoms with Gasteiger partial charge in [-0.2, -0.15) is 0 Å². The van der Waals surface area contributed by atoms with Crippen molar-refractivity contribution in [3.63, 3.8) is 0 Å². The van der Waals surface area contributed by atoms with E-state index in [1.165, 1.54) is 18.4 Å². The van der Waals surface area contributed by atoms with E-state index in [4.69, 9.17) is 4.74 Å². The standard InChI is InChI=1S/C23H21NO3S/c1-14-19(23(26)27-2)20(15-9-5-3-6-10-15)17-13-18(28-22(17)24-14)21(25)16-11-7-4-8-12-16/h3-14,19-20,24H,1-2H3. The van der Waals surface area contributed by atoms with Gasteiger partial charge in [-0.25, -0.2) is 0 Å². The molecule has 28 heavy (non-hydrogen) atoms. The van der Waals surface area contributed by atoms with E-state index in [9.17, 15) is 9.59 Å². The number of carbonyl (C=O) groups excluding carboxylic acids is 2. The number of rotatable bonds is 4. The van der Waals surface area contributed by atoms with Gasteiger partial charge in [0.05, 0.1) is 22.9 Å². The van der Waals surface area contributed by atoms with E-state index in [0.717, 1.165) is 16.1 Å². The van der Waals surface area contributed by atoms with E-state index in [1.54, 1.807) is 0 Å². The fraction of sp³-hybridized carbons (Fsp3) is 0.217. The second kappa shape index (κ2) is 7.60. The molecule has 0 amide bonds. The number of thiophene rings is 1. The fourth-order valence-corrected chi connectivity index (χ4v) is 5.06. The molecule has 0 radical (unpaired) electrons. The summed E-state index contributed by atoms with van der Waals surface area (Å²) in [7, 11) is 1.42. The van der Waals surface area contributed by atoms with Crippen LogP contribution in [0.15, 0.2) is 66.7 Å². The van der Waals surface area contributed by atoms with Crippen molar-refractivity contribution >= 4 is 28.1 Å². The largest absolute Gasteiger partial charge is 0.469 e. The third kappa shape index (κ3) is 3.22. The van der Waals surface area contributed by atoms with Gasteiger partial charge in [-0.3, -0.25) is 9.59 Å². The van der Waals surface area contributed by atoms with Gasteiger partial charge in [0.1, 0.15) is 0 Å². The molecule has 3 atom stereocenters. The van der Waals surface area contributed by atoms with Crippen molar-refractivity contribution < 1.29 is 14.3 Å². The minimum Gasteiger partial charge on any atom is -0.469 e. The molecule has 4 nitrogen and oxygen atoms in total. The molecule has 2 aromatic carbocycles. The van der Waals surface area contributed by atoms with Crippen LogP contribution in [0.5, 0.6) is 0 Å². The number of ether oxygens (including phenoxy) is 1. The van der Waals surface area contributed by atoms with Crippen LogP contribution in [0.1, 0.15) is 39.2 Å². The van der Waals surface area contributed by atoms with Crippen LogP contribution in [0.25, 0.3) is 0 Å². The zero-order valence-corrected chi connectivity index (χ0v) is 16.5. The number of carbonyl (C=O) groups is 2. The van der Waals surface area contributed by atoms with Gasteiger partial charge >= 0.3 is 5.97 Å². The highest BCUT2D eigenvalue weighted by molar-refractivity contribution is 7.18. The highest BCUT2D eigenvalue weighted by atomic mass is 32.1. The Kier molecular flexibility index (Phi) is 5.01. The predicted octanol–water partition coefficient (Wildman–Crippen LogP) is 4.71. The quantitative estimate of drug-likeness (QED) is 0.517. The van der Waals surface area contributed by atoms with E-state index in [-0.39, 0.29) is 29.6 Å². The lowest BCUT2D eigenvalue weighted by Crippen LogP contribution is -2.41. The van der Waals surface area contributed by atoms with Gasteiger partial charge in [-0.05, 0) is 24.1 Å². The lowest BCUT2D eigenvalue weighted by atomic mass is 9.75. The molecule has 5 heteroatoms. The van der Waals surface area contributed by atoms with Crippen molar-refractivity contribution in [2.24, 2.45) is 5.92 Å². The Balaban J connectivity index is 1.81. The second-order valence-electron chi connectivity index (χ2n) is 6.96. The average molecular weight is 391 g/mol. The van der Waals surface area contributed by atoms with Crippen LogP contribution in [0, 0.1) is 5.92 Å². The Morgan fingerprint density at radius 3 is 2.29 bits per heavy atom. The number of methoxy groups -OCH3 is 1. The van der Waals surface area contributed by atoms with Gasteiger partial charge in [0.25, 0.3) is 0 Å². The second-order valence-corrected chi connectivity index (χ2v) is 8.01. The van der Waals surface area contributed by atoms with Crippen LogP contribution in [0.2, 0.25) is 0 Å². The normalized spacial score (nSPS) is 20.7. The molecule has 0 saturated heterocycles. The van der Waals surface area contributed by atoms with Crippen molar-refractivity contribution in [3.8, 4) is 0 Å². The van der Waals surface area contributed by atoms with Crippen molar-refractivity contribution in [1.29, 1.82) is 0 Å². The highest BCUT2D eigenvalue weighted by Gasteiger charge is 2.42. The molecule has 0 aliphatic carbocycles. The maximum atomic E-state index is 13.0. The number of hydrogen-bond acceptors (Lipinski definition) is 5. The molecule has 3 aromatic rings.